The van der Waals surface area contributed by atoms with Crippen molar-refractivity contribution in [1.29, 1.82) is 0 Å². The number of rotatable bonds is 4. The summed E-state index contributed by atoms with van der Waals surface area (Å²) in [6.07, 6.45) is 0.284. The smallest absolute Gasteiger partial charge is 0.0957 e. The van der Waals surface area contributed by atoms with E-state index in [1.165, 1.54) is 4.88 Å². The molecule has 1 atom stereocenters. The summed E-state index contributed by atoms with van der Waals surface area (Å²) in [5.41, 5.74) is 1.13. The molecule has 0 saturated carbocycles. The van der Waals surface area contributed by atoms with Gasteiger partial charge in [-0.05, 0) is 34.6 Å². The molecule has 1 aromatic rings. The minimum atomic E-state index is -0.357. The Labute approximate surface area is 102 Å². The van der Waals surface area contributed by atoms with Gasteiger partial charge in [0.1, 0.15) is 0 Å². The minimum Gasteiger partial charge on any atom is -0.391 e. The summed E-state index contributed by atoms with van der Waals surface area (Å²) < 4.78 is 0. The first-order valence-electron chi connectivity index (χ1n) is 5.64. The van der Waals surface area contributed by atoms with E-state index in [1.807, 2.05) is 6.92 Å². The van der Waals surface area contributed by atoms with Gasteiger partial charge in [-0.25, -0.2) is 4.98 Å². The largest absolute Gasteiger partial charge is 0.391 e. The Bertz CT molecular complexity index is 322. The molecule has 92 valence electrons. The third kappa shape index (κ3) is 4.60. The van der Waals surface area contributed by atoms with Gasteiger partial charge in [0.15, 0.2) is 0 Å². The molecule has 1 heterocycles. The summed E-state index contributed by atoms with van der Waals surface area (Å²) in [6.45, 7) is 11.0. The van der Waals surface area contributed by atoms with Crippen LogP contribution in [-0.4, -0.2) is 28.3 Å². The first-order valence-corrected chi connectivity index (χ1v) is 6.45. The van der Waals surface area contributed by atoms with Crippen molar-refractivity contribution in [2.75, 3.05) is 6.54 Å². The number of β-amino-alcohol motifs (C(OH)–C–C–N with tert-alkyl or cyclic N) is 1. The number of thiazole rings is 1. The molecule has 2 N–H and O–H groups in total. The van der Waals surface area contributed by atoms with E-state index < -0.39 is 0 Å². The van der Waals surface area contributed by atoms with Crippen molar-refractivity contribution in [1.82, 2.24) is 10.3 Å². The van der Waals surface area contributed by atoms with E-state index in [-0.39, 0.29) is 11.6 Å². The summed E-state index contributed by atoms with van der Waals surface area (Å²) in [6, 6.07) is 0. The molecule has 3 nitrogen and oxygen atoms in total. The molecule has 1 rings (SSSR count). The molecule has 0 spiro atoms. The molecule has 16 heavy (non-hydrogen) atoms. The van der Waals surface area contributed by atoms with Gasteiger partial charge < -0.3 is 10.4 Å². The zero-order valence-electron chi connectivity index (χ0n) is 10.8. The molecule has 0 fully saturated rings. The van der Waals surface area contributed by atoms with Crippen LogP contribution in [0.2, 0.25) is 0 Å². The fourth-order valence-corrected chi connectivity index (χ4v) is 2.33. The van der Waals surface area contributed by atoms with Crippen molar-refractivity contribution in [3.63, 3.8) is 0 Å². The van der Waals surface area contributed by atoms with Gasteiger partial charge in [-0.1, -0.05) is 0 Å². The van der Waals surface area contributed by atoms with Crippen LogP contribution in [0.1, 0.15) is 36.3 Å². The first kappa shape index (κ1) is 13.6. The number of hydrogen-bond donors (Lipinski definition) is 2. The highest BCUT2D eigenvalue weighted by molar-refractivity contribution is 7.11. The maximum Gasteiger partial charge on any atom is 0.0957 e. The molecular weight excluding hydrogens is 220 g/mol. The van der Waals surface area contributed by atoms with Crippen LogP contribution in [0.4, 0.5) is 0 Å². The second-order valence-electron chi connectivity index (χ2n) is 5.24. The van der Waals surface area contributed by atoms with E-state index in [0.29, 0.717) is 13.0 Å². The topological polar surface area (TPSA) is 45.2 Å². The normalized spacial score (nSPS) is 14.1. The van der Waals surface area contributed by atoms with Gasteiger partial charge in [-0.3, -0.25) is 0 Å². The molecule has 0 aliphatic carbocycles. The van der Waals surface area contributed by atoms with E-state index in [0.717, 1.165) is 10.7 Å². The van der Waals surface area contributed by atoms with Crippen molar-refractivity contribution in [3.8, 4) is 0 Å². The minimum absolute atomic E-state index is 0.0513. The van der Waals surface area contributed by atoms with Crippen molar-refractivity contribution in [3.05, 3.63) is 15.6 Å². The number of aryl methyl sites for hydroxylation is 2. The maximum absolute atomic E-state index is 9.87. The zero-order valence-corrected chi connectivity index (χ0v) is 11.6. The lowest BCUT2D eigenvalue weighted by atomic mass is 10.1. The summed E-state index contributed by atoms with van der Waals surface area (Å²) in [7, 11) is 0. The number of hydrogen-bond acceptors (Lipinski definition) is 4. The fraction of sp³-hybridized carbons (Fsp3) is 0.750. The number of aliphatic hydroxyl groups is 1. The maximum atomic E-state index is 9.87. The van der Waals surface area contributed by atoms with E-state index in [9.17, 15) is 5.11 Å². The van der Waals surface area contributed by atoms with Crippen molar-refractivity contribution in [2.24, 2.45) is 0 Å². The molecule has 0 saturated heterocycles. The number of nitrogens with one attached hydrogen (secondary N) is 1. The number of aromatic nitrogens is 1. The first-order chi connectivity index (χ1) is 7.28. The number of aliphatic hydroxyl groups excluding tert-OH is 1. The van der Waals surface area contributed by atoms with E-state index in [4.69, 9.17) is 0 Å². The molecule has 1 aromatic heterocycles. The van der Waals surface area contributed by atoms with Gasteiger partial charge in [-0.2, -0.15) is 0 Å². The highest BCUT2D eigenvalue weighted by Crippen LogP contribution is 2.17. The van der Waals surface area contributed by atoms with Crippen molar-refractivity contribution in [2.45, 2.75) is 52.7 Å². The third-order valence-corrected chi connectivity index (χ3v) is 3.45. The summed E-state index contributed by atoms with van der Waals surface area (Å²) in [5, 5.41) is 14.2. The van der Waals surface area contributed by atoms with Crippen LogP contribution in [0.25, 0.3) is 0 Å². The van der Waals surface area contributed by atoms with Crippen molar-refractivity contribution >= 4 is 11.3 Å². The molecule has 0 aliphatic heterocycles. The molecule has 1 unspecified atom stereocenters. The lowest BCUT2D eigenvalue weighted by Gasteiger charge is -2.22. The Morgan fingerprint density at radius 3 is 2.44 bits per heavy atom. The van der Waals surface area contributed by atoms with Gasteiger partial charge in [0, 0.05) is 23.4 Å². The van der Waals surface area contributed by atoms with Crippen LogP contribution < -0.4 is 5.32 Å². The van der Waals surface area contributed by atoms with E-state index >= 15 is 0 Å². The Balaban J connectivity index is 2.42. The number of nitrogens with zero attached hydrogens (tertiary/aromatic N) is 1. The van der Waals surface area contributed by atoms with Crippen molar-refractivity contribution < 1.29 is 5.11 Å². The third-order valence-electron chi connectivity index (χ3n) is 2.35. The van der Waals surface area contributed by atoms with E-state index in [1.54, 1.807) is 11.3 Å². The summed E-state index contributed by atoms with van der Waals surface area (Å²) in [5.74, 6) is 0. The van der Waals surface area contributed by atoms with Crippen LogP contribution in [0, 0.1) is 13.8 Å². The average Bonchev–Trinajstić information content (AvgIpc) is 2.41. The predicted octanol–water partition coefficient (Wildman–Crippen LogP) is 2.05. The molecule has 0 aromatic carbocycles. The molecule has 0 bridgehead atoms. The lowest BCUT2D eigenvalue weighted by Crippen LogP contribution is -2.41. The van der Waals surface area contributed by atoms with E-state index in [2.05, 4.69) is 38.0 Å². The predicted molar refractivity (Wildman–Crippen MR) is 69.1 cm³/mol. The highest BCUT2D eigenvalue weighted by atomic mass is 32.1. The summed E-state index contributed by atoms with van der Waals surface area (Å²) >= 11 is 1.68. The lowest BCUT2D eigenvalue weighted by molar-refractivity contribution is 0.161. The molecule has 0 amide bonds. The molecule has 0 radical (unpaired) electrons. The van der Waals surface area contributed by atoms with Crippen LogP contribution >= 0.6 is 11.3 Å². The van der Waals surface area contributed by atoms with Crippen LogP contribution in [0.5, 0.6) is 0 Å². The van der Waals surface area contributed by atoms with Gasteiger partial charge in [0.2, 0.25) is 0 Å². The average molecular weight is 242 g/mol. The van der Waals surface area contributed by atoms with Gasteiger partial charge in [-0.15, -0.1) is 11.3 Å². The van der Waals surface area contributed by atoms with Gasteiger partial charge in [0.25, 0.3) is 0 Å². The van der Waals surface area contributed by atoms with Gasteiger partial charge in [0.05, 0.1) is 16.8 Å². The second kappa shape index (κ2) is 5.25. The Kier molecular flexibility index (Phi) is 4.47. The Morgan fingerprint density at radius 2 is 2.00 bits per heavy atom. The molecule has 4 heteroatoms. The summed E-state index contributed by atoms with van der Waals surface area (Å²) in [4.78, 5) is 5.67. The molecule has 0 aliphatic rings. The highest BCUT2D eigenvalue weighted by Gasteiger charge is 2.14. The van der Waals surface area contributed by atoms with Gasteiger partial charge >= 0.3 is 0 Å². The fourth-order valence-electron chi connectivity index (χ4n) is 1.32. The quantitative estimate of drug-likeness (QED) is 0.849. The van der Waals surface area contributed by atoms with Crippen LogP contribution in [-0.2, 0) is 6.42 Å². The van der Waals surface area contributed by atoms with Crippen LogP contribution in [0.3, 0.4) is 0 Å². The van der Waals surface area contributed by atoms with Crippen LogP contribution in [0.15, 0.2) is 0 Å². The SMILES string of the molecule is Cc1nc(CC(O)CNC(C)(C)C)sc1C. The standard InChI is InChI=1S/C12H22N2OS/c1-8-9(2)16-11(14-8)6-10(15)7-13-12(3,4)5/h10,13,15H,6-7H2,1-5H3. The monoisotopic (exact) mass is 242 g/mol. The zero-order chi connectivity index (χ0) is 12.3. The Morgan fingerprint density at radius 1 is 1.38 bits per heavy atom. The molecular formula is C12H22N2OS. The Hall–Kier alpha value is -0.450. The second-order valence-corrected chi connectivity index (χ2v) is 6.53.